The first-order valence-electron chi connectivity index (χ1n) is 9.93. The van der Waals surface area contributed by atoms with Crippen LogP contribution in [0.3, 0.4) is 0 Å². The van der Waals surface area contributed by atoms with Crippen LogP contribution in [0.25, 0.3) is 0 Å². The van der Waals surface area contributed by atoms with Crippen molar-refractivity contribution in [2.45, 2.75) is 51.5 Å². The number of alkyl halides is 3. The predicted molar refractivity (Wildman–Crippen MR) is 110 cm³/mol. The Morgan fingerprint density at radius 1 is 1.22 bits per heavy atom. The van der Waals surface area contributed by atoms with E-state index >= 15 is 0 Å². The summed E-state index contributed by atoms with van der Waals surface area (Å²) in [4.78, 5) is 32.3. The molecule has 0 bridgehead atoms. The number of rotatable bonds is 5. The maximum absolute atomic E-state index is 13.2. The molecule has 172 valence electrons. The van der Waals surface area contributed by atoms with Gasteiger partial charge in [0, 0.05) is 30.3 Å². The summed E-state index contributed by atoms with van der Waals surface area (Å²) in [6, 6.07) is 5.12. The molecule has 32 heavy (non-hydrogen) atoms. The molecule has 1 aliphatic heterocycles. The second kappa shape index (κ2) is 8.50. The minimum Gasteiger partial charge on any atom is -0.481 e. The molecule has 0 saturated carbocycles. The highest BCUT2D eigenvalue weighted by Gasteiger charge is 2.51. The highest BCUT2D eigenvalue weighted by molar-refractivity contribution is 5.97. The molecule has 1 fully saturated rings. The summed E-state index contributed by atoms with van der Waals surface area (Å²) in [7, 11) is 1.23. The average molecular weight is 451 g/mol. The third kappa shape index (κ3) is 4.59. The van der Waals surface area contributed by atoms with E-state index in [1.165, 1.54) is 38.4 Å². The number of nitrogens with zero attached hydrogens (tertiary/aromatic N) is 2. The molecule has 1 saturated heterocycles. The molecule has 3 heterocycles. The lowest BCUT2D eigenvalue weighted by molar-refractivity contribution is -0.141. The van der Waals surface area contributed by atoms with Crippen molar-refractivity contribution in [3.8, 4) is 5.88 Å². The van der Waals surface area contributed by atoms with Crippen LogP contribution < -0.4 is 10.1 Å². The van der Waals surface area contributed by atoms with Crippen LogP contribution in [0, 0.1) is 5.92 Å². The second-order valence-electron chi connectivity index (χ2n) is 8.22. The maximum Gasteiger partial charge on any atom is 0.433 e. The summed E-state index contributed by atoms with van der Waals surface area (Å²) in [6.07, 6.45) is -4.26. The third-order valence-electron chi connectivity index (χ3n) is 5.77. The van der Waals surface area contributed by atoms with E-state index in [9.17, 15) is 22.8 Å². The van der Waals surface area contributed by atoms with Gasteiger partial charge in [0.15, 0.2) is 5.78 Å². The predicted octanol–water partition coefficient (Wildman–Crippen LogP) is 4.24. The first-order chi connectivity index (χ1) is 14.8. The largest absolute Gasteiger partial charge is 0.481 e. The van der Waals surface area contributed by atoms with Crippen LogP contribution in [0.2, 0.25) is 0 Å². The van der Waals surface area contributed by atoms with Crippen LogP contribution >= 0.6 is 0 Å². The number of amides is 1. The van der Waals surface area contributed by atoms with Gasteiger partial charge in [0.1, 0.15) is 17.5 Å². The SMILES string of the molecule is COc1nc(C(F)(F)F)ccc1[C@H]1[C@H](C(=O)Nc2ccnc(C(C)=O)c2)OC(C)(C)[C@H]1C. The van der Waals surface area contributed by atoms with Crippen molar-refractivity contribution in [2.75, 3.05) is 12.4 Å². The van der Waals surface area contributed by atoms with Crippen LogP contribution in [0.15, 0.2) is 30.5 Å². The van der Waals surface area contributed by atoms with Gasteiger partial charge in [-0.25, -0.2) is 4.98 Å². The fourth-order valence-corrected chi connectivity index (χ4v) is 3.79. The van der Waals surface area contributed by atoms with Gasteiger partial charge >= 0.3 is 6.18 Å². The van der Waals surface area contributed by atoms with Gasteiger partial charge in [0.2, 0.25) is 5.88 Å². The number of hydrogen-bond acceptors (Lipinski definition) is 6. The topological polar surface area (TPSA) is 90.4 Å². The standard InChI is InChI=1S/C22H24F3N3O4/c1-11-17(14-6-7-16(22(23,24)25)28-20(14)31-5)18(32-21(11,3)4)19(30)27-13-8-9-26-15(10-13)12(2)29/h6-11,17-18H,1-5H3,(H,26,27,30)/t11-,17-,18+/m0/s1. The summed E-state index contributed by atoms with van der Waals surface area (Å²) in [5, 5.41) is 2.71. The molecular weight excluding hydrogens is 427 g/mol. The number of carbonyl (C=O) groups is 2. The zero-order valence-electron chi connectivity index (χ0n) is 18.3. The number of hydrogen-bond donors (Lipinski definition) is 1. The van der Waals surface area contributed by atoms with Gasteiger partial charge in [0.25, 0.3) is 5.91 Å². The molecule has 0 aliphatic carbocycles. The molecular formula is C22H24F3N3O4. The molecule has 2 aromatic rings. The van der Waals surface area contributed by atoms with E-state index in [4.69, 9.17) is 9.47 Å². The average Bonchev–Trinajstić information content (AvgIpc) is 2.96. The number of nitrogens with one attached hydrogen (secondary N) is 1. The van der Waals surface area contributed by atoms with Gasteiger partial charge in [-0.1, -0.05) is 13.0 Å². The number of pyridine rings is 2. The molecule has 1 aliphatic rings. The minimum absolute atomic E-state index is 0.189. The van der Waals surface area contributed by atoms with E-state index in [-0.39, 0.29) is 23.3 Å². The number of halogens is 3. The molecule has 0 unspecified atom stereocenters. The highest BCUT2D eigenvalue weighted by Crippen LogP contribution is 2.48. The summed E-state index contributed by atoms with van der Waals surface area (Å²) in [5.74, 6) is -1.85. The second-order valence-corrected chi connectivity index (χ2v) is 8.22. The van der Waals surface area contributed by atoms with Gasteiger partial charge in [-0.2, -0.15) is 13.2 Å². The van der Waals surface area contributed by atoms with Crippen molar-refractivity contribution < 1.29 is 32.2 Å². The number of aromatic nitrogens is 2. The summed E-state index contributed by atoms with van der Waals surface area (Å²) >= 11 is 0. The van der Waals surface area contributed by atoms with Crippen LogP contribution in [0.5, 0.6) is 5.88 Å². The van der Waals surface area contributed by atoms with E-state index in [0.717, 1.165) is 6.07 Å². The molecule has 0 radical (unpaired) electrons. The van der Waals surface area contributed by atoms with Gasteiger partial charge in [-0.05, 0) is 38.0 Å². The van der Waals surface area contributed by atoms with Gasteiger partial charge in [0.05, 0.1) is 12.7 Å². The number of anilines is 1. The quantitative estimate of drug-likeness (QED) is 0.684. The summed E-state index contributed by atoms with van der Waals surface area (Å²) < 4.78 is 50.5. The zero-order chi connectivity index (χ0) is 23.8. The smallest absolute Gasteiger partial charge is 0.433 e. The lowest BCUT2D eigenvalue weighted by Gasteiger charge is -2.25. The highest BCUT2D eigenvalue weighted by atomic mass is 19.4. The van der Waals surface area contributed by atoms with Crippen LogP contribution in [0.4, 0.5) is 18.9 Å². The molecule has 0 aromatic carbocycles. The Kier molecular flexibility index (Phi) is 6.28. The van der Waals surface area contributed by atoms with Gasteiger partial charge in [-0.15, -0.1) is 0 Å². The molecule has 7 nitrogen and oxygen atoms in total. The fraction of sp³-hybridized carbons (Fsp3) is 0.455. The fourth-order valence-electron chi connectivity index (χ4n) is 3.79. The van der Waals surface area contributed by atoms with E-state index in [0.29, 0.717) is 11.3 Å². The van der Waals surface area contributed by atoms with E-state index < -0.39 is 35.4 Å². The Morgan fingerprint density at radius 3 is 2.50 bits per heavy atom. The number of carbonyl (C=O) groups excluding carboxylic acids is 2. The normalized spacial score (nSPS) is 22.4. The molecule has 10 heteroatoms. The first kappa shape index (κ1) is 23.6. The molecule has 0 spiro atoms. The Bertz CT molecular complexity index is 1040. The number of methoxy groups -OCH3 is 1. The lowest BCUT2D eigenvalue weighted by Crippen LogP contribution is -2.33. The zero-order valence-corrected chi connectivity index (χ0v) is 18.3. The molecule has 2 aromatic heterocycles. The Labute approximate surface area is 183 Å². The number of Topliss-reactive ketones (excluding diaryl/α,β-unsaturated/α-hetero) is 1. The van der Waals surface area contributed by atoms with Crippen LogP contribution in [-0.2, 0) is 15.7 Å². The maximum atomic E-state index is 13.2. The minimum atomic E-state index is -4.63. The Morgan fingerprint density at radius 2 is 1.91 bits per heavy atom. The summed E-state index contributed by atoms with van der Waals surface area (Å²) in [6.45, 7) is 6.83. The van der Waals surface area contributed by atoms with Crippen molar-refractivity contribution >= 4 is 17.4 Å². The summed E-state index contributed by atoms with van der Waals surface area (Å²) in [5.41, 5.74) is -0.943. The van der Waals surface area contributed by atoms with Crippen molar-refractivity contribution in [2.24, 2.45) is 5.92 Å². The van der Waals surface area contributed by atoms with Crippen LogP contribution in [0.1, 0.15) is 55.4 Å². The van der Waals surface area contributed by atoms with Crippen molar-refractivity contribution in [3.63, 3.8) is 0 Å². The molecule has 3 atom stereocenters. The van der Waals surface area contributed by atoms with Crippen molar-refractivity contribution in [3.05, 3.63) is 47.4 Å². The third-order valence-corrected chi connectivity index (χ3v) is 5.77. The Hall–Kier alpha value is -3.01. The molecule has 1 amide bonds. The monoisotopic (exact) mass is 451 g/mol. The van der Waals surface area contributed by atoms with E-state index in [1.54, 1.807) is 0 Å². The van der Waals surface area contributed by atoms with Crippen molar-refractivity contribution in [1.82, 2.24) is 9.97 Å². The van der Waals surface area contributed by atoms with Gasteiger partial charge in [-0.3, -0.25) is 14.6 Å². The first-order valence-corrected chi connectivity index (χ1v) is 9.93. The Balaban J connectivity index is 1.98. The van der Waals surface area contributed by atoms with E-state index in [1.807, 2.05) is 20.8 Å². The lowest BCUT2D eigenvalue weighted by atomic mass is 9.78. The molecule has 1 N–H and O–H groups in total. The number of ketones is 1. The van der Waals surface area contributed by atoms with Gasteiger partial charge < -0.3 is 14.8 Å². The molecule has 3 rings (SSSR count). The number of ether oxygens (including phenoxy) is 2. The van der Waals surface area contributed by atoms with Crippen LogP contribution in [-0.4, -0.2) is 40.5 Å². The van der Waals surface area contributed by atoms with E-state index in [2.05, 4.69) is 15.3 Å². The van der Waals surface area contributed by atoms with Crippen molar-refractivity contribution in [1.29, 1.82) is 0 Å².